The average molecular weight is 216 g/mol. The predicted octanol–water partition coefficient (Wildman–Crippen LogP) is 2.61. The van der Waals surface area contributed by atoms with E-state index in [-0.39, 0.29) is 5.41 Å². The first-order chi connectivity index (χ1) is 6.14. The number of nitrogens with two attached hydrogens (primary N) is 1. The third-order valence-corrected chi connectivity index (χ3v) is 3.93. The number of aromatic nitrogens is 1. The van der Waals surface area contributed by atoms with Gasteiger partial charge in [-0.15, -0.1) is 11.3 Å². The van der Waals surface area contributed by atoms with Crippen molar-refractivity contribution in [3.05, 3.63) is 11.6 Å². The molecule has 0 bridgehead atoms. The second-order valence-electron chi connectivity index (χ2n) is 3.76. The molecule has 0 aliphatic rings. The van der Waals surface area contributed by atoms with Gasteiger partial charge in [-0.2, -0.15) is 0 Å². The summed E-state index contributed by atoms with van der Waals surface area (Å²) in [6.45, 7) is 5.16. The van der Waals surface area contributed by atoms with Crippen LogP contribution in [-0.2, 0) is 0 Å². The smallest absolute Gasteiger partial charge is 0.149 e. The quantitative estimate of drug-likeness (QED) is 0.769. The number of thiazole rings is 1. The van der Waals surface area contributed by atoms with E-state index in [0.717, 1.165) is 23.1 Å². The molecule has 1 aromatic heterocycles. The summed E-state index contributed by atoms with van der Waals surface area (Å²) in [5.41, 5.74) is 5.91. The summed E-state index contributed by atoms with van der Waals surface area (Å²) in [4.78, 5) is 4.21. The second kappa shape index (κ2) is 4.98. The maximum absolute atomic E-state index is 5.64. The number of hydrogen-bond donors (Lipinski definition) is 1. The summed E-state index contributed by atoms with van der Waals surface area (Å²) in [5.74, 6) is 1.11. The van der Waals surface area contributed by atoms with Gasteiger partial charge in [-0.3, -0.25) is 0 Å². The Balaban J connectivity index is 2.21. The van der Waals surface area contributed by atoms with E-state index < -0.39 is 0 Å². The van der Waals surface area contributed by atoms with Crippen LogP contribution in [0.25, 0.3) is 0 Å². The number of nitrogens with zero attached hydrogens (tertiary/aromatic N) is 1. The van der Waals surface area contributed by atoms with Crippen molar-refractivity contribution in [1.29, 1.82) is 0 Å². The number of thioether (sulfide) groups is 1. The lowest BCUT2D eigenvalue weighted by Gasteiger charge is -2.21. The van der Waals surface area contributed by atoms with Gasteiger partial charge in [0.15, 0.2) is 0 Å². The van der Waals surface area contributed by atoms with E-state index in [2.05, 4.69) is 18.8 Å². The lowest BCUT2D eigenvalue weighted by Crippen LogP contribution is -2.23. The molecule has 1 rings (SSSR count). The molecule has 2 N–H and O–H groups in total. The van der Waals surface area contributed by atoms with Crippen LogP contribution in [0.1, 0.15) is 20.3 Å². The SMILES string of the molecule is CC(C)(CN)CCSc1nccs1. The van der Waals surface area contributed by atoms with E-state index in [9.17, 15) is 0 Å². The van der Waals surface area contributed by atoms with Crippen LogP contribution in [0.5, 0.6) is 0 Å². The molecule has 0 unspecified atom stereocenters. The van der Waals surface area contributed by atoms with Gasteiger partial charge < -0.3 is 5.73 Å². The minimum absolute atomic E-state index is 0.268. The van der Waals surface area contributed by atoms with Crippen molar-refractivity contribution in [2.45, 2.75) is 24.6 Å². The average Bonchev–Trinajstić information content (AvgIpc) is 2.57. The topological polar surface area (TPSA) is 38.9 Å². The molecule has 0 atom stereocenters. The van der Waals surface area contributed by atoms with Crippen LogP contribution >= 0.6 is 23.1 Å². The largest absolute Gasteiger partial charge is 0.330 e. The fourth-order valence-electron chi connectivity index (χ4n) is 0.798. The highest BCUT2D eigenvalue weighted by Crippen LogP contribution is 2.26. The maximum atomic E-state index is 5.64. The molecule has 4 heteroatoms. The number of rotatable bonds is 5. The standard InChI is InChI=1S/C9H16N2S2/c1-9(2,7-10)3-5-12-8-11-4-6-13-8/h4,6H,3,5,7,10H2,1-2H3. The Morgan fingerprint density at radius 3 is 2.92 bits per heavy atom. The molecule has 0 fully saturated rings. The molecule has 1 heterocycles. The highest BCUT2D eigenvalue weighted by molar-refractivity contribution is 8.00. The van der Waals surface area contributed by atoms with Gasteiger partial charge in [0.2, 0.25) is 0 Å². The zero-order valence-corrected chi connectivity index (χ0v) is 9.75. The highest BCUT2D eigenvalue weighted by atomic mass is 32.2. The van der Waals surface area contributed by atoms with Crippen LogP contribution in [0, 0.1) is 5.41 Å². The molecule has 0 aromatic carbocycles. The van der Waals surface area contributed by atoms with E-state index in [1.165, 1.54) is 0 Å². The highest BCUT2D eigenvalue weighted by Gasteiger charge is 2.14. The van der Waals surface area contributed by atoms with E-state index in [4.69, 9.17) is 5.73 Å². The molecule has 0 saturated heterocycles. The summed E-state index contributed by atoms with van der Waals surface area (Å²) >= 11 is 3.52. The molecular formula is C9H16N2S2. The first-order valence-electron chi connectivity index (χ1n) is 4.36. The van der Waals surface area contributed by atoms with Crippen LogP contribution in [0.3, 0.4) is 0 Å². The molecule has 74 valence electrons. The van der Waals surface area contributed by atoms with E-state index >= 15 is 0 Å². The fourth-order valence-corrected chi connectivity index (χ4v) is 2.81. The molecule has 0 aliphatic heterocycles. The molecule has 2 nitrogen and oxygen atoms in total. The Kier molecular flexibility index (Phi) is 4.22. The van der Waals surface area contributed by atoms with E-state index in [0.29, 0.717) is 0 Å². The summed E-state index contributed by atoms with van der Waals surface area (Å²) in [6.07, 6.45) is 2.99. The molecule has 0 saturated carbocycles. The van der Waals surface area contributed by atoms with Crippen molar-refractivity contribution in [1.82, 2.24) is 4.98 Å². The van der Waals surface area contributed by atoms with Crippen molar-refractivity contribution >= 4 is 23.1 Å². The van der Waals surface area contributed by atoms with E-state index in [1.807, 2.05) is 23.3 Å². The Morgan fingerprint density at radius 1 is 1.62 bits per heavy atom. The zero-order chi connectivity index (χ0) is 9.73. The van der Waals surface area contributed by atoms with Crippen LogP contribution < -0.4 is 5.73 Å². The molecule has 0 amide bonds. The number of hydrogen-bond acceptors (Lipinski definition) is 4. The van der Waals surface area contributed by atoms with Gasteiger partial charge in [0, 0.05) is 17.3 Å². The summed E-state index contributed by atoms with van der Waals surface area (Å²) < 4.78 is 1.16. The first-order valence-corrected chi connectivity index (χ1v) is 6.23. The second-order valence-corrected chi connectivity index (χ2v) is 6.00. The Labute approximate surface area is 87.9 Å². The Bertz CT molecular complexity index is 232. The summed E-state index contributed by atoms with van der Waals surface area (Å²) in [7, 11) is 0. The molecule has 0 aliphatic carbocycles. The van der Waals surface area contributed by atoms with Crippen molar-refractivity contribution in [3.63, 3.8) is 0 Å². The van der Waals surface area contributed by atoms with E-state index in [1.54, 1.807) is 11.3 Å². The lowest BCUT2D eigenvalue weighted by atomic mass is 9.91. The van der Waals surface area contributed by atoms with Gasteiger partial charge in [0.1, 0.15) is 4.34 Å². The molecular weight excluding hydrogens is 200 g/mol. The predicted molar refractivity (Wildman–Crippen MR) is 60.3 cm³/mol. The molecule has 1 aromatic rings. The third-order valence-electron chi connectivity index (χ3n) is 1.97. The van der Waals surface area contributed by atoms with Gasteiger partial charge in [0.05, 0.1) is 0 Å². The third kappa shape index (κ3) is 4.11. The zero-order valence-electron chi connectivity index (χ0n) is 8.12. The minimum atomic E-state index is 0.268. The summed E-state index contributed by atoms with van der Waals surface area (Å²) in [6, 6.07) is 0. The molecule has 0 spiro atoms. The normalized spacial score (nSPS) is 11.9. The Morgan fingerprint density at radius 2 is 2.38 bits per heavy atom. The van der Waals surface area contributed by atoms with Crippen LogP contribution in [0.15, 0.2) is 15.9 Å². The van der Waals surface area contributed by atoms with Crippen molar-refractivity contribution in [2.24, 2.45) is 11.1 Å². The van der Waals surface area contributed by atoms with Gasteiger partial charge in [-0.25, -0.2) is 4.98 Å². The van der Waals surface area contributed by atoms with Crippen molar-refractivity contribution in [2.75, 3.05) is 12.3 Å². The van der Waals surface area contributed by atoms with Crippen molar-refractivity contribution < 1.29 is 0 Å². The van der Waals surface area contributed by atoms with Gasteiger partial charge >= 0.3 is 0 Å². The van der Waals surface area contributed by atoms with Crippen LogP contribution in [0.4, 0.5) is 0 Å². The Hall–Kier alpha value is -0.0600. The minimum Gasteiger partial charge on any atom is -0.330 e. The maximum Gasteiger partial charge on any atom is 0.149 e. The van der Waals surface area contributed by atoms with Gasteiger partial charge in [-0.05, 0) is 18.4 Å². The summed E-state index contributed by atoms with van der Waals surface area (Å²) in [5, 5.41) is 2.01. The van der Waals surface area contributed by atoms with Gasteiger partial charge in [0.25, 0.3) is 0 Å². The fraction of sp³-hybridized carbons (Fsp3) is 0.667. The lowest BCUT2D eigenvalue weighted by molar-refractivity contribution is 0.368. The van der Waals surface area contributed by atoms with Gasteiger partial charge in [-0.1, -0.05) is 25.6 Å². The van der Waals surface area contributed by atoms with Crippen molar-refractivity contribution in [3.8, 4) is 0 Å². The molecule has 13 heavy (non-hydrogen) atoms. The molecule has 0 radical (unpaired) electrons. The van der Waals surface area contributed by atoms with Crippen LogP contribution in [-0.4, -0.2) is 17.3 Å². The monoisotopic (exact) mass is 216 g/mol. The first kappa shape index (κ1) is 11.0. The van der Waals surface area contributed by atoms with Crippen LogP contribution in [0.2, 0.25) is 0 Å².